The van der Waals surface area contributed by atoms with Crippen LogP contribution in [0.2, 0.25) is 0 Å². The topological polar surface area (TPSA) is 102 Å². The number of likely N-dealkylation sites (N-methyl/N-ethyl adjacent to an activating group) is 1. The van der Waals surface area contributed by atoms with Crippen molar-refractivity contribution in [1.82, 2.24) is 24.0 Å². The summed E-state index contributed by atoms with van der Waals surface area (Å²) in [4.78, 5) is 19.1. The Balaban J connectivity index is 1.49. The molecule has 0 radical (unpaired) electrons. The zero-order chi connectivity index (χ0) is 23.8. The number of carbonyl (C=O) groups is 1. The van der Waals surface area contributed by atoms with Crippen LogP contribution in [-0.2, 0) is 34.5 Å². The van der Waals surface area contributed by atoms with Gasteiger partial charge in [0.15, 0.2) is 0 Å². The minimum absolute atomic E-state index is 0.0640. The van der Waals surface area contributed by atoms with E-state index < -0.39 is 10.0 Å². The molecule has 0 saturated carbocycles. The molecule has 4 aromatic rings. The Morgan fingerprint density at radius 2 is 1.88 bits per heavy atom. The highest BCUT2D eigenvalue weighted by atomic mass is 32.2. The predicted molar refractivity (Wildman–Crippen MR) is 125 cm³/mol. The lowest BCUT2D eigenvalue weighted by Gasteiger charge is -2.17. The van der Waals surface area contributed by atoms with E-state index in [0.29, 0.717) is 23.7 Å². The van der Waals surface area contributed by atoms with Crippen LogP contribution in [0.4, 0.5) is 0 Å². The number of amides is 1. The Morgan fingerprint density at radius 3 is 2.58 bits per heavy atom. The molecule has 1 aromatic carbocycles. The number of fused-ring (bicyclic) bond motifs is 1. The summed E-state index contributed by atoms with van der Waals surface area (Å²) in [5, 5.41) is 5.18. The van der Waals surface area contributed by atoms with Crippen LogP contribution in [0.5, 0.6) is 0 Å². The number of aryl methyl sites for hydroxylation is 1. The first-order valence-electron chi connectivity index (χ1n) is 10.3. The van der Waals surface area contributed by atoms with E-state index in [9.17, 15) is 13.2 Å². The van der Waals surface area contributed by atoms with Gasteiger partial charge in [0.05, 0.1) is 41.0 Å². The van der Waals surface area contributed by atoms with Gasteiger partial charge in [0.25, 0.3) is 0 Å². The molecule has 174 valence electrons. The highest BCUT2D eigenvalue weighted by molar-refractivity contribution is 7.89. The smallest absolute Gasteiger partial charge is 0.246 e. The highest BCUT2D eigenvalue weighted by Gasteiger charge is 2.30. The van der Waals surface area contributed by atoms with Crippen molar-refractivity contribution < 1.29 is 17.6 Å². The molecule has 0 saturated heterocycles. The third-order valence-electron chi connectivity index (χ3n) is 5.36. The van der Waals surface area contributed by atoms with Crippen LogP contribution in [0, 0.1) is 13.8 Å². The van der Waals surface area contributed by atoms with Gasteiger partial charge in [0.1, 0.15) is 22.2 Å². The maximum atomic E-state index is 13.2. The second-order valence-corrected chi connectivity index (χ2v) is 10.9. The van der Waals surface area contributed by atoms with Crippen molar-refractivity contribution >= 4 is 37.5 Å². The van der Waals surface area contributed by atoms with E-state index >= 15 is 0 Å². The molecule has 33 heavy (non-hydrogen) atoms. The number of furan rings is 1. The summed E-state index contributed by atoms with van der Waals surface area (Å²) < 4.78 is 35.4. The first kappa shape index (κ1) is 23.1. The molecule has 0 aliphatic carbocycles. The Kier molecular flexibility index (Phi) is 6.37. The average molecular weight is 488 g/mol. The Labute approximate surface area is 196 Å². The van der Waals surface area contributed by atoms with Crippen LogP contribution in [0.1, 0.15) is 22.2 Å². The van der Waals surface area contributed by atoms with Gasteiger partial charge in [-0.05, 0) is 38.1 Å². The quantitative estimate of drug-likeness (QED) is 0.378. The van der Waals surface area contributed by atoms with Crippen molar-refractivity contribution in [3.63, 3.8) is 0 Å². The van der Waals surface area contributed by atoms with Crippen LogP contribution in [0.15, 0.2) is 52.0 Å². The minimum Gasteiger partial charge on any atom is -0.468 e. The van der Waals surface area contributed by atoms with Gasteiger partial charge in [-0.15, -0.1) is 11.3 Å². The van der Waals surface area contributed by atoms with E-state index in [4.69, 9.17) is 4.42 Å². The molecule has 0 aliphatic heterocycles. The molecule has 0 fully saturated rings. The molecule has 9 nitrogen and oxygen atoms in total. The van der Waals surface area contributed by atoms with Crippen LogP contribution >= 0.6 is 11.3 Å². The summed E-state index contributed by atoms with van der Waals surface area (Å²) in [5.74, 6) is 0.350. The monoisotopic (exact) mass is 487 g/mol. The molecule has 1 amide bonds. The molecule has 0 bridgehead atoms. The molecule has 0 atom stereocenters. The lowest BCUT2D eigenvalue weighted by atomic mass is 10.3. The van der Waals surface area contributed by atoms with Crippen molar-refractivity contribution in [2.45, 2.75) is 38.4 Å². The maximum Gasteiger partial charge on any atom is 0.246 e. The van der Waals surface area contributed by atoms with E-state index in [1.807, 2.05) is 24.3 Å². The normalized spacial score (nSPS) is 12.0. The SMILES string of the molecule is Cc1nn(CC(=O)N(C)Cc2nc3ccccc3s2)c(C)c1S(=O)(=O)N(C)Cc1ccco1. The molecular weight excluding hydrogens is 462 g/mol. The number of aromatic nitrogens is 3. The molecule has 0 aliphatic rings. The van der Waals surface area contributed by atoms with E-state index in [1.54, 1.807) is 49.3 Å². The summed E-state index contributed by atoms with van der Waals surface area (Å²) in [7, 11) is -0.624. The van der Waals surface area contributed by atoms with E-state index in [-0.39, 0.29) is 23.9 Å². The number of rotatable bonds is 8. The predicted octanol–water partition coefficient (Wildman–Crippen LogP) is 3.18. The largest absolute Gasteiger partial charge is 0.468 e. The highest BCUT2D eigenvalue weighted by Crippen LogP contribution is 2.25. The van der Waals surface area contributed by atoms with E-state index in [1.165, 1.54) is 22.3 Å². The second kappa shape index (κ2) is 9.08. The van der Waals surface area contributed by atoms with E-state index in [0.717, 1.165) is 15.2 Å². The number of nitrogens with zero attached hydrogens (tertiary/aromatic N) is 5. The Morgan fingerprint density at radius 1 is 1.12 bits per heavy atom. The first-order chi connectivity index (χ1) is 15.7. The lowest BCUT2D eigenvalue weighted by molar-refractivity contribution is -0.131. The standard InChI is InChI=1S/C22H25N5O4S2/c1-15-22(33(29,30)26(4)12-17-8-7-11-31-17)16(2)27(24-15)14-21(28)25(3)13-20-23-18-9-5-6-10-19(18)32-20/h5-11H,12-14H2,1-4H3. The number of sulfonamides is 1. The van der Waals surface area contributed by atoms with Gasteiger partial charge in [-0.3, -0.25) is 9.48 Å². The average Bonchev–Trinajstić information content (AvgIpc) is 3.47. The molecule has 11 heteroatoms. The summed E-state index contributed by atoms with van der Waals surface area (Å²) in [6.07, 6.45) is 1.50. The first-order valence-corrected chi connectivity index (χ1v) is 12.5. The number of thiazole rings is 1. The van der Waals surface area contributed by atoms with Gasteiger partial charge in [0.2, 0.25) is 15.9 Å². The number of carbonyl (C=O) groups excluding carboxylic acids is 1. The van der Waals surface area contributed by atoms with Crippen LogP contribution in [0.3, 0.4) is 0 Å². The van der Waals surface area contributed by atoms with E-state index in [2.05, 4.69) is 10.1 Å². The van der Waals surface area contributed by atoms with Gasteiger partial charge in [-0.25, -0.2) is 13.4 Å². The van der Waals surface area contributed by atoms with Crippen LogP contribution < -0.4 is 0 Å². The molecule has 0 spiro atoms. The molecule has 0 N–H and O–H groups in total. The van der Waals surface area contributed by atoms with Gasteiger partial charge in [-0.1, -0.05) is 12.1 Å². The molecule has 3 aromatic heterocycles. The second-order valence-electron chi connectivity index (χ2n) is 7.82. The number of benzene rings is 1. The Hall–Kier alpha value is -3.02. The fourth-order valence-corrected chi connectivity index (χ4v) is 6.12. The molecule has 0 unspecified atom stereocenters. The van der Waals surface area contributed by atoms with Gasteiger partial charge >= 0.3 is 0 Å². The van der Waals surface area contributed by atoms with Crippen molar-refractivity contribution in [2.24, 2.45) is 0 Å². The van der Waals surface area contributed by atoms with Crippen molar-refractivity contribution in [2.75, 3.05) is 14.1 Å². The minimum atomic E-state index is -3.82. The summed E-state index contributed by atoms with van der Waals surface area (Å²) in [5.41, 5.74) is 1.67. The van der Waals surface area contributed by atoms with Gasteiger partial charge in [0, 0.05) is 14.1 Å². The zero-order valence-electron chi connectivity index (χ0n) is 18.8. The number of hydrogen-bond donors (Lipinski definition) is 0. The molecule has 3 heterocycles. The summed E-state index contributed by atoms with van der Waals surface area (Å²) in [6, 6.07) is 11.3. The summed E-state index contributed by atoms with van der Waals surface area (Å²) in [6.45, 7) is 3.70. The molecular formula is C22H25N5O4S2. The zero-order valence-corrected chi connectivity index (χ0v) is 20.5. The van der Waals surface area contributed by atoms with Gasteiger partial charge in [-0.2, -0.15) is 9.40 Å². The third-order valence-corrected chi connectivity index (χ3v) is 8.44. The number of para-hydroxylation sites is 1. The van der Waals surface area contributed by atoms with Crippen LogP contribution in [-0.4, -0.2) is 52.4 Å². The fraction of sp³-hybridized carbons (Fsp3) is 0.318. The Bertz CT molecular complexity index is 1360. The number of hydrogen-bond acceptors (Lipinski definition) is 7. The van der Waals surface area contributed by atoms with Crippen molar-refractivity contribution in [1.29, 1.82) is 0 Å². The lowest BCUT2D eigenvalue weighted by Crippen LogP contribution is -2.30. The fourth-order valence-electron chi connectivity index (χ4n) is 3.60. The van der Waals surface area contributed by atoms with Crippen molar-refractivity contribution in [3.05, 3.63) is 64.8 Å². The molecule has 4 rings (SSSR count). The van der Waals surface area contributed by atoms with Gasteiger partial charge < -0.3 is 9.32 Å². The maximum absolute atomic E-state index is 13.2. The van der Waals surface area contributed by atoms with Crippen molar-refractivity contribution in [3.8, 4) is 0 Å². The summed E-state index contributed by atoms with van der Waals surface area (Å²) >= 11 is 1.55. The van der Waals surface area contributed by atoms with Crippen LogP contribution in [0.25, 0.3) is 10.2 Å². The third kappa shape index (κ3) is 4.70.